The normalized spacial score (nSPS) is 18.4. The van der Waals surface area contributed by atoms with Gasteiger partial charge in [0.1, 0.15) is 11.6 Å². The maximum Gasteiger partial charge on any atom is 0.255 e. The molecule has 10 nitrogen and oxygen atoms in total. The number of piperidine rings is 1. The fourth-order valence-electron chi connectivity index (χ4n) is 4.82. The van der Waals surface area contributed by atoms with Gasteiger partial charge in [-0.15, -0.1) is 0 Å². The van der Waals surface area contributed by atoms with Crippen LogP contribution in [0.15, 0.2) is 12.1 Å². The van der Waals surface area contributed by atoms with E-state index in [1.807, 2.05) is 31.1 Å². The van der Waals surface area contributed by atoms with Crippen molar-refractivity contribution in [1.82, 2.24) is 30.0 Å². The van der Waals surface area contributed by atoms with Crippen molar-refractivity contribution in [3.63, 3.8) is 0 Å². The summed E-state index contributed by atoms with van der Waals surface area (Å²) in [7, 11) is 9.90. The molecule has 1 aromatic heterocycles. The van der Waals surface area contributed by atoms with E-state index >= 15 is 0 Å². The second kappa shape index (κ2) is 12.0. The van der Waals surface area contributed by atoms with Crippen LogP contribution in [0.1, 0.15) is 29.6 Å². The molecule has 0 aliphatic carbocycles. The number of benzene rings is 1. The molecule has 1 amide bonds. The molecule has 0 spiro atoms. The Morgan fingerprint density at radius 3 is 2.53 bits per heavy atom. The highest BCUT2D eigenvalue weighted by Crippen LogP contribution is 2.32. The van der Waals surface area contributed by atoms with Crippen molar-refractivity contribution in [3.05, 3.63) is 17.7 Å². The molecule has 2 N–H and O–H groups in total. The van der Waals surface area contributed by atoms with Gasteiger partial charge >= 0.3 is 0 Å². The summed E-state index contributed by atoms with van der Waals surface area (Å²) in [6, 6.07) is 4.11. The zero-order valence-electron chi connectivity index (χ0n) is 22.5. The Labute approximate surface area is 215 Å². The molecule has 0 atom stereocenters. The first-order valence-corrected chi connectivity index (χ1v) is 13.1. The average Bonchev–Trinajstić information content (AvgIpc) is 3.08. The molecule has 0 radical (unpaired) electrons. The molecular formula is C26H42N8O2. The first kappa shape index (κ1) is 26.4. The molecule has 1 aromatic carbocycles. The van der Waals surface area contributed by atoms with Crippen LogP contribution in [0.4, 0.5) is 11.8 Å². The quantitative estimate of drug-likeness (QED) is 0.563. The van der Waals surface area contributed by atoms with Gasteiger partial charge in [-0.3, -0.25) is 4.79 Å². The number of hydrogen-bond donors (Lipinski definition) is 2. The van der Waals surface area contributed by atoms with Gasteiger partial charge in [-0.2, -0.15) is 4.98 Å². The SMILES string of the molecule is COc1cc2c(NC3CCN(C)CC3)nc(N3CCCN(C)CC3)nc2cc1C(=O)NCCN(C)C. The maximum atomic E-state index is 13.1. The van der Waals surface area contributed by atoms with E-state index in [0.29, 0.717) is 23.9 Å². The zero-order chi connectivity index (χ0) is 25.7. The van der Waals surface area contributed by atoms with Gasteiger partial charge in [-0.05, 0) is 79.2 Å². The number of methoxy groups -OCH3 is 1. The van der Waals surface area contributed by atoms with Crippen LogP contribution in [0.2, 0.25) is 0 Å². The summed E-state index contributed by atoms with van der Waals surface area (Å²) in [5.74, 6) is 1.92. The van der Waals surface area contributed by atoms with Crippen LogP contribution in [0.3, 0.4) is 0 Å². The van der Waals surface area contributed by atoms with E-state index in [2.05, 4.69) is 39.4 Å². The molecule has 2 saturated heterocycles. The van der Waals surface area contributed by atoms with E-state index in [0.717, 1.165) is 87.7 Å². The number of fused-ring (bicyclic) bond motifs is 1. The number of carbonyl (C=O) groups is 1. The van der Waals surface area contributed by atoms with Gasteiger partial charge in [-0.1, -0.05) is 0 Å². The van der Waals surface area contributed by atoms with Gasteiger partial charge in [-0.25, -0.2) is 4.98 Å². The second-order valence-electron chi connectivity index (χ2n) is 10.4. The van der Waals surface area contributed by atoms with E-state index in [4.69, 9.17) is 14.7 Å². The van der Waals surface area contributed by atoms with Gasteiger partial charge in [0.05, 0.1) is 18.2 Å². The lowest BCUT2D eigenvalue weighted by Crippen LogP contribution is -2.37. The lowest BCUT2D eigenvalue weighted by Gasteiger charge is -2.30. The molecule has 0 unspecified atom stereocenters. The van der Waals surface area contributed by atoms with E-state index in [1.54, 1.807) is 7.11 Å². The van der Waals surface area contributed by atoms with E-state index < -0.39 is 0 Å². The van der Waals surface area contributed by atoms with Crippen LogP contribution in [-0.2, 0) is 0 Å². The second-order valence-corrected chi connectivity index (χ2v) is 10.4. The predicted octanol–water partition coefficient (Wildman–Crippen LogP) is 1.58. The predicted molar refractivity (Wildman–Crippen MR) is 145 cm³/mol. The molecule has 198 valence electrons. The molecule has 2 aliphatic rings. The molecule has 0 bridgehead atoms. The highest BCUT2D eigenvalue weighted by molar-refractivity contribution is 6.03. The number of likely N-dealkylation sites (tertiary alicyclic amines) is 1. The number of rotatable bonds is 8. The third-order valence-corrected chi connectivity index (χ3v) is 7.16. The van der Waals surface area contributed by atoms with Crippen LogP contribution >= 0.6 is 0 Å². The van der Waals surface area contributed by atoms with Crippen molar-refractivity contribution in [2.45, 2.75) is 25.3 Å². The summed E-state index contributed by atoms with van der Waals surface area (Å²) in [4.78, 5) is 32.1. The minimum Gasteiger partial charge on any atom is -0.496 e. The summed E-state index contributed by atoms with van der Waals surface area (Å²) in [5.41, 5.74) is 1.25. The van der Waals surface area contributed by atoms with Crippen molar-refractivity contribution in [2.24, 2.45) is 0 Å². The number of aromatic nitrogens is 2. The van der Waals surface area contributed by atoms with Crippen LogP contribution in [0.5, 0.6) is 5.75 Å². The van der Waals surface area contributed by atoms with Gasteiger partial charge in [0.15, 0.2) is 0 Å². The van der Waals surface area contributed by atoms with Crippen LogP contribution < -0.4 is 20.3 Å². The lowest BCUT2D eigenvalue weighted by molar-refractivity contribution is 0.0948. The summed E-state index contributed by atoms with van der Waals surface area (Å²) in [5, 5.41) is 7.60. The molecule has 2 aliphatic heterocycles. The lowest BCUT2D eigenvalue weighted by atomic mass is 10.0. The smallest absolute Gasteiger partial charge is 0.255 e. The minimum absolute atomic E-state index is 0.156. The fraction of sp³-hybridized carbons (Fsp3) is 0.654. The molecule has 4 rings (SSSR count). The Bertz CT molecular complexity index is 1040. The Balaban J connectivity index is 1.71. The third-order valence-electron chi connectivity index (χ3n) is 7.16. The van der Waals surface area contributed by atoms with Crippen LogP contribution in [0.25, 0.3) is 10.9 Å². The number of carbonyl (C=O) groups excluding carboxylic acids is 1. The highest BCUT2D eigenvalue weighted by Gasteiger charge is 2.23. The largest absolute Gasteiger partial charge is 0.496 e. The van der Waals surface area contributed by atoms with Crippen molar-refractivity contribution < 1.29 is 9.53 Å². The summed E-state index contributed by atoms with van der Waals surface area (Å²) >= 11 is 0. The molecule has 2 fully saturated rings. The zero-order valence-corrected chi connectivity index (χ0v) is 22.5. The maximum absolute atomic E-state index is 13.1. The number of nitrogens with one attached hydrogen (secondary N) is 2. The van der Waals surface area contributed by atoms with E-state index in [-0.39, 0.29) is 5.91 Å². The minimum atomic E-state index is -0.156. The Kier molecular flexibility index (Phi) is 8.81. The van der Waals surface area contributed by atoms with E-state index in [9.17, 15) is 4.79 Å². The molecule has 2 aromatic rings. The molecular weight excluding hydrogens is 456 g/mol. The summed E-state index contributed by atoms with van der Waals surface area (Å²) < 4.78 is 5.66. The van der Waals surface area contributed by atoms with Crippen molar-refractivity contribution >= 4 is 28.6 Å². The van der Waals surface area contributed by atoms with Crippen molar-refractivity contribution in [3.8, 4) is 5.75 Å². The Hall–Kier alpha value is -2.69. The monoisotopic (exact) mass is 498 g/mol. The van der Waals surface area contributed by atoms with Crippen molar-refractivity contribution in [1.29, 1.82) is 0 Å². The number of ether oxygens (including phenoxy) is 1. The number of nitrogens with zero attached hydrogens (tertiary/aromatic N) is 6. The first-order chi connectivity index (χ1) is 17.3. The average molecular weight is 499 g/mol. The summed E-state index contributed by atoms with van der Waals surface area (Å²) in [6.07, 6.45) is 3.20. The number of anilines is 2. The Morgan fingerprint density at radius 1 is 1.06 bits per heavy atom. The molecule has 36 heavy (non-hydrogen) atoms. The molecule has 3 heterocycles. The van der Waals surface area contributed by atoms with Crippen LogP contribution in [0, 0.1) is 0 Å². The first-order valence-electron chi connectivity index (χ1n) is 13.1. The number of amides is 1. The van der Waals surface area contributed by atoms with Gasteiger partial charge in [0.25, 0.3) is 5.91 Å². The van der Waals surface area contributed by atoms with Gasteiger partial charge in [0.2, 0.25) is 5.95 Å². The topological polar surface area (TPSA) is 89.1 Å². The summed E-state index contributed by atoms with van der Waals surface area (Å²) in [6.45, 7) is 7.29. The number of likely N-dealkylation sites (N-methyl/N-ethyl adjacent to an activating group) is 2. The van der Waals surface area contributed by atoms with Crippen LogP contribution in [-0.4, -0.2) is 124 Å². The number of hydrogen-bond acceptors (Lipinski definition) is 9. The Morgan fingerprint density at radius 2 is 1.81 bits per heavy atom. The van der Waals surface area contributed by atoms with E-state index in [1.165, 1.54) is 0 Å². The fourth-order valence-corrected chi connectivity index (χ4v) is 4.82. The molecule has 10 heteroatoms. The van der Waals surface area contributed by atoms with Gasteiger partial charge < -0.3 is 35.0 Å². The highest BCUT2D eigenvalue weighted by atomic mass is 16.5. The third kappa shape index (κ3) is 6.54. The van der Waals surface area contributed by atoms with Crippen molar-refractivity contribution in [2.75, 3.05) is 97.9 Å². The molecule has 0 saturated carbocycles. The van der Waals surface area contributed by atoms with Gasteiger partial charge in [0, 0.05) is 44.2 Å². The standard InChI is InChI=1S/C26H42N8O2/c1-31(2)14-9-27-25(35)21-17-22-20(18-23(21)36-5)24(28-19-7-12-33(4)13-8-19)30-26(29-22)34-11-6-10-32(3)15-16-34/h17-19H,6-16H2,1-5H3,(H,27,35)(H,28,29,30).